The summed E-state index contributed by atoms with van der Waals surface area (Å²) in [5.41, 5.74) is 1.19. The first-order chi connectivity index (χ1) is 6.93. The first-order valence-corrected chi connectivity index (χ1v) is 5.39. The number of fused-ring (bicyclic) bond motifs is 2. The van der Waals surface area contributed by atoms with Gasteiger partial charge in [-0.15, -0.1) is 0 Å². The van der Waals surface area contributed by atoms with Gasteiger partial charge in [0.2, 0.25) is 0 Å². The van der Waals surface area contributed by atoms with E-state index in [1.165, 1.54) is 18.5 Å². The average molecular weight is 189 g/mol. The molecule has 0 bridgehead atoms. The summed E-state index contributed by atoms with van der Waals surface area (Å²) in [5.74, 6) is 1.15. The van der Waals surface area contributed by atoms with Crippen LogP contribution in [0.1, 0.15) is 19.3 Å². The maximum atomic E-state index is 4.68. The monoisotopic (exact) mass is 189 g/mol. The Morgan fingerprint density at radius 3 is 3.36 bits per heavy atom. The quantitative estimate of drug-likeness (QED) is 0.595. The number of aliphatic imine (C=N–C) groups is 1. The molecule has 2 atom stereocenters. The molecule has 0 amide bonds. The lowest BCUT2D eigenvalue weighted by atomic mass is 9.97. The minimum Gasteiger partial charge on any atom is -0.372 e. The highest BCUT2D eigenvalue weighted by atomic mass is 15.1. The van der Waals surface area contributed by atoms with Crippen LogP contribution in [-0.2, 0) is 0 Å². The highest BCUT2D eigenvalue weighted by molar-refractivity contribution is 5.90. The molecule has 0 aromatic heterocycles. The molecular weight excluding hydrogens is 174 g/mol. The number of hydrogen-bond acceptors (Lipinski definition) is 3. The van der Waals surface area contributed by atoms with E-state index >= 15 is 0 Å². The van der Waals surface area contributed by atoms with Crippen molar-refractivity contribution in [2.45, 2.75) is 31.3 Å². The normalized spacial score (nSPS) is 34.9. The van der Waals surface area contributed by atoms with Gasteiger partial charge in [-0.3, -0.25) is 5.32 Å². The predicted octanol–water partition coefficient (Wildman–Crippen LogP) is 0.952. The molecule has 1 saturated heterocycles. The molecule has 74 valence electrons. The van der Waals surface area contributed by atoms with Crippen molar-refractivity contribution in [3.8, 4) is 0 Å². The second-order valence-electron chi connectivity index (χ2n) is 4.09. The zero-order valence-corrected chi connectivity index (χ0v) is 8.16. The lowest BCUT2D eigenvalue weighted by molar-refractivity contribution is 0.446. The van der Waals surface area contributed by atoms with Gasteiger partial charge < -0.3 is 5.32 Å². The van der Waals surface area contributed by atoms with E-state index in [4.69, 9.17) is 0 Å². The van der Waals surface area contributed by atoms with Crippen molar-refractivity contribution in [2.75, 3.05) is 6.54 Å². The molecule has 1 fully saturated rings. The van der Waals surface area contributed by atoms with Gasteiger partial charge in [0.15, 0.2) is 0 Å². The molecule has 3 heteroatoms. The lowest BCUT2D eigenvalue weighted by Gasteiger charge is -2.35. The summed E-state index contributed by atoms with van der Waals surface area (Å²) in [6.45, 7) is 1.07. The molecule has 0 saturated carbocycles. The Morgan fingerprint density at radius 2 is 2.36 bits per heavy atom. The van der Waals surface area contributed by atoms with Gasteiger partial charge in [0.1, 0.15) is 5.84 Å². The predicted molar refractivity (Wildman–Crippen MR) is 57.2 cm³/mol. The Balaban J connectivity index is 1.92. The van der Waals surface area contributed by atoms with Gasteiger partial charge in [-0.1, -0.05) is 12.2 Å². The Morgan fingerprint density at radius 1 is 1.36 bits per heavy atom. The first kappa shape index (κ1) is 8.24. The number of hydrogen-bond donors (Lipinski definition) is 2. The van der Waals surface area contributed by atoms with Gasteiger partial charge in [-0.2, -0.15) is 0 Å². The van der Waals surface area contributed by atoms with E-state index in [1.54, 1.807) is 0 Å². The molecule has 0 radical (unpaired) electrons. The van der Waals surface area contributed by atoms with Gasteiger partial charge >= 0.3 is 0 Å². The van der Waals surface area contributed by atoms with Crippen LogP contribution in [0.5, 0.6) is 0 Å². The van der Waals surface area contributed by atoms with Crippen molar-refractivity contribution in [3.63, 3.8) is 0 Å². The molecular formula is C11H15N3. The van der Waals surface area contributed by atoms with Crippen LogP contribution in [-0.4, -0.2) is 24.5 Å². The molecule has 0 aromatic carbocycles. The van der Waals surface area contributed by atoms with E-state index in [2.05, 4.69) is 33.9 Å². The summed E-state index contributed by atoms with van der Waals surface area (Å²) in [5, 5.41) is 7.02. The molecule has 3 rings (SSSR count). The molecule has 2 N–H and O–H groups in total. The maximum absolute atomic E-state index is 4.68. The van der Waals surface area contributed by atoms with E-state index in [0.29, 0.717) is 12.1 Å². The molecule has 2 aliphatic heterocycles. The number of allylic oxidation sites excluding steroid dienone is 2. The Hall–Kier alpha value is -1.09. The third-order valence-corrected chi connectivity index (χ3v) is 3.09. The van der Waals surface area contributed by atoms with Crippen LogP contribution in [0, 0.1) is 0 Å². The molecule has 3 aliphatic rings. The summed E-state index contributed by atoms with van der Waals surface area (Å²) in [7, 11) is 0. The van der Waals surface area contributed by atoms with Gasteiger partial charge in [0.05, 0.1) is 17.8 Å². The van der Waals surface area contributed by atoms with Crippen molar-refractivity contribution < 1.29 is 0 Å². The molecule has 2 heterocycles. The highest BCUT2D eigenvalue weighted by Gasteiger charge is 2.29. The zero-order chi connectivity index (χ0) is 9.38. The zero-order valence-electron chi connectivity index (χ0n) is 8.16. The van der Waals surface area contributed by atoms with Crippen LogP contribution < -0.4 is 10.6 Å². The lowest BCUT2D eigenvalue weighted by Crippen LogP contribution is -2.55. The van der Waals surface area contributed by atoms with E-state index < -0.39 is 0 Å². The summed E-state index contributed by atoms with van der Waals surface area (Å²) in [6.07, 6.45) is 9.97. The van der Waals surface area contributed by atoms with Crippen molar-refractivity contribution in [1.82, 2.24) is 10.6 Å². The number of rotatable bonds is 0. The maximum Gasteiger partial charge on any atom is 0.119 e. The Bertz CT molecular complexity index is 327. The molecule has 3 nitrogen and oxygen atoms in total. The minimum absolute atomic E-state index is 0.452. The van der Waals surface area contributed by atoms with E-state index in [0.717, 1.165) is 18.8 Å². The number of piperidine rings is 1. The van der Waals surface area contributed by atoms with Crippen molar-refractivity contribution in [3.05, 3.63) is 23.9 Å². The second-order valence-corrected chi connectivity index (χ2v) is 4.09. The summed E-state index contributed by atoms with van der Waals surface area (Å²) < 4.78 is 0. The number of amidine groups is 1. The fourth-order valence-electron chi connectivity index (χ4n) is 2.33. The van der Waals surface area contributed by atoms with Crippen molar-refractivity contribution in [1.29, 1.82) is 0 Å². The van der Waals surface area contributed by atoms with Gasteiger partial charge in [-0.05, 0) is 25.3 Å². The van der Waals surface area contributed by atoms with Crippen LogP contribution in [0.15, 0.2) is 28.9 Å². The molecule has 1 aliphatic carbocycles. The fourth-order valence-corrected chi connectivity index (χ4v) is 2.33. The summed E-state index contributed by atoms with van der Waals surface area (Å²) in [4.78, 5) is 4.68. The minimum atomic E-state index is 0.452. The number of nitrogens with zero attached hydrogens (tertiary/aromatic N) is 1. The fraction of sp³-hybridized carbons (Fsp3) is 0.545. The number of nitrogens with one attached hydrogen (secondary N) is 2. The topological polar surface area (TPSA) is 36.4 Å². The molecule has 2 unspecified atom stereocenters. The van der Waals surface area contributed by atoms with Crippen LogP contribution >= 0.6 is 0 Å². The third-order valence-electron chi connectivity index (χ3n) is 3.09. The molecule has 0 aromatic rings. The highest BCUT2D eigenvalue weighted by Crippen LogP contribution is 2.21. The van der Waals surface area contributed by atoms with Crippen LogP contribution in [0.3, 0.4) is 0 Å². The van der Waals surface area contributed by atoms with E-state index in [9.17, 15) is 0 Å². The van der Waals surface area contributed by atoms with Crippen molar-refractivity contribution in [2.24, 2.45) is 4.99 Å². The molecule has 14 heavy (non-hydrogen) atoms. The Labute approximate surface area is 84.0 Å². The standard InChI is InChI=1S/C11H15N3/c1-2-5-9-8(4-1)13-10-6-3-7-12-11(10)14-9/h1-2,5,8,10,13H,3-4,6-7H2,(H,12,14). The van der Waals surface area contributed by atoms with E-state index in [-0.39, 0.29) is 0 Å². The van der Waals surface area contributed by atoms with Gasteiger partial charge in [-0.25, -0.2) is 4.99 Å². The molecule has 0 spiro atoms. The largest absolute Gasteiger partial charge is 0.372 e. The second kappa shape index (κ2) is 3.24. The SMILES string of the molecule is C1=CCC2NC3CCCNC3=NC2=C1. The third kappa shape index (κ3) is 1.28. The Kier molecular flexibility index (Phi) is 1.91. The van der Waals surface area contributed by atoms with Crippen LogP contribution in [0.4, 0.5) is 0 Å². The summed E-state index contributed by atoms with van der Waals surface area (Å²) >= 11 is 0. The van der Waals surface area contributed by atoms with Gasteiger partial charge in [0, 0.05) is 6.54 Å². The van der Waals surface area contributed by atoms with E-state index in [1.807, 2.05) is 0 Å². The smallest absolute Gasteiger partial charge is 0.119 e. The van der Waals surface area contributed by atoms with Crippen molar-refractivity contribution >= 4 is 5.84 Å². The first-order valence-electron chi connectivity index (χ1n) is 5.39. The van der Waals surface area contributed by atoms with Gasteiger partial charge in [0.25, 0.3) is 0 Å². The summed E-state index contributed by atoms with van der Waals surface area (Å²) in [6, 6.07) is 0.922. The van der Waals surface area contributed by atoms with Crippen LogP contribution in [0.2, 0.25) is 0 Å². The average Bonchev–Trinajstić information content (AvgIpc) is 2.26. The van der Waals surface area contributed by atoms with Crippen LogP contribution in [0.25, 0.3) is 0 Å².